The fourth-order valence-electron chi connectivity index (χ4n) is 5.80. The molecule has 3 aromatic rings. The number of fused-ring (bicyclic) bond motifs is 1. The summed E-state index contributed by atoms with van der Waals surface area (Å²) < 4.78 is 0. The fraction of sp³-hybridized carbons (Fsp3) is 0.464. The van der Waals surface area contributed by atoms with E-state index in [9.17, 15) is 4.79 Å². The molecule has 1 saturated heterocycles. The number of nitrogens with two attached hydrogens (primary N) is 2. The molecule has 1 fully saturated rings. The van der Waals surface area contributed by atoms with Crippen LogP contribution in [0, 0.1) is 5.41 Å². The number of piperidine rings is 1. The van der Waals surface area contributed by atoms with E-state index in [1.807, 2.05) is 18.2 Å². The number of nitrogens with one attached hydrogen (secondary N) is 2. The summed E-state index contributed by atoms with van der Waals surface area (Å²) >= 11 is 0. The summed E-state index contributed by atoms with van der Waals surface area (Å²) in [6.45, 7) is 7.47. The molecule has 2 heterocycles. The van der Waals surface area contributed by atoms with Crippen LogP contribution in [0.3, 0.4) is 0 Å². The third-order valence-electron chi connectivity index (χ3n) is 7.56. The summed E-state index contributed by atoms with van der Waals surface area (Å²) in [5.41, 5.74) is 16.6. The van der Waals surface area contributed by atoms with Gasteiger partial charge in [0.25, 0.3) is 5.56 Å². The zero-order valence-electron chi connectivity index (χ0n) is 21.1. The molecule has 0 aliphatic carbocycles. The highest BCUT2D eigenvalue weighted by molar-refractivity contribution is 5.96. The predicted molar refractivity (Wildman–Crippen MR) is 144 cm³/mol. The molecular formula is C28H38N6O. The maximum atomic E-state index is 13.1. The molecule has 35 heavy (non-hydrogen) atoms. The minimum atomic E-state index is -0.252. The van der Waals surface area contributed by atoms with E-state index in [1.54, 1.807) is 18.2 Å². The first-order valence-corrected chi connectivity index (χ1v) is 12.8. The zero-order valence-corrected chi connectivity index (χ0v) is 21.1. The Kier molecular flexibility index (Phi) is 7.67. The standard InChI is InChI=1S/C28H38N6O/c1-17-7-4-8-18(2)34(17)19(3)9-5-12-23-22(16-29)13-14-24-26(23)33-28(35)25(32-24)20-10-6-11-21(15-20)27(30)31/h6,10-11,13-15,17-19H,4-5,7-9,12,16,29H2,1-3H3,(H3,30,31)(H,33,35). The Balaban J connectivity index is 1.60. The smallest absolute Gasteiger partial charge is 0.274 e. The van der Waals surface area contributed by atoms with Crippen LogP contribution in [0.2, 0.25) is 0 Å². The molecule has 1 aliphatic heterocycles. The first-order chi connectivity index (χ1) is 16.8. The second-order valence-corrected chi connectivity index (χ2v) is 10.0. The van der Waals surface area contributed by atoms with Gasteiger partial charge in [-0.3, -0.25) is 15.1 Å². The SMILES string of the molecule is CC(CCCc1c(CN)ccc2nc(-c3cccc(C(=N)N)c3)c(=O)[nH]c12)N1C(C)CCCC1C. The molecule has 1 aliphatic rings. The van der Waals surface area contributed by atoms with E-state index in [0.29, 0.717) is 41.5 Å². The Bertz CT molecular complexity index is 1260. The van der Waals surface area contributed by atoms with Gasteiger partial charge in [-0.1, -0.05) is 30.7 Å². The molecular weight excluding hydrogens is 436 g/mol. The Morgan fingerprint density at radius 3 is 2.66 bits per heavy atom. The van der Waals surface area contributed by atoms with Crippen molar-refractivity contribution in [1.82, 2.24) is 14.9 Å². The topological polar surface area (TPSA) is 125 Å². The minimum Gasteiger partial charge on any atom is -0.384 e. The van der Waals surface area contributed by atoms with Crippen LogP contribution in [0.4, 0.5) is 0 Å². The maximum absolute atomic E-state index is 13.1. The average molecular weight is 475 g/mol. The van der Waals surface area contributed by atoms with Crippen LogP contribution in [0.5, 0.6) is 0 Å². The van der Waals surface area contributed by atoms with Crippen LogP contribution in [-0.4, -0.2) is 38.8 Å². The molecule has 1 aromatic heterocycles. The second-order valence-electron chi connectivity index (χ2n) is 10.0. The zero-order chi connectivity index (χ0) is 25.1. The fourth-order valence-corrected chi connectivity index (χ4v) is 5.80. The molecule has 4 rings (SSSR count). The number of hydrogen-bond acceptors (Lipinski definition) is 5. The van der Waals surface area contributed by atoms with Gasteiger partial charge < -0.3 is 16.5 Å². The van der Waals surface area contributed by atoms with Crippen molar-refractivity contribution in [3.8, 4) is 11.3 Å². The molecule has 2 aromatic carbocycles. The van der Waals surface area contributed by atoms with Gasteiger partial charge in [0, 0.05) is 35.8 Å². The number of likely N-dealkylation sites (tertiary alicyclic amines) is 1. The van der Waals surface area contributed by atoms with Crippen molar-refractivity contribution in [3.63, 3.8) is 0 Å². The lowest BCUT2D eigenvalue weighted by Crippen LogP contribution is -2.48. The van der Waals surface area contributed by atoms with Crippen molar-refractivity contribution in [2.45, 2.75) is 84.0 Å². The molecule has 0 amide bonds. The average Bonchev–Trinajstić information content (AvgIpc) is 2.83. The molecule has 0 spiro atoms. The van der Waals surface area contributed by atoms with Gasteiger partial charge in [-0.15, -0.1) is 0 Å². The number of amidine groups is 1. The van der Waals surface area contributed by atoms with Crippen LogP contribution in [0.1, 0.15) is 69.6 Å². The lowest BCUT2D eigenvalue weighted by molar-refractivity contribution is 0.0580. The molecule has 186 valence electrons. The van der Waals surface area contributed by atoms with E-state index >= 15 is 0 Å². The predicted octanol–water partition coefficient (Wildman–Crippen LogP) is 4.31. The number of aromatic amines is 1. The summed E-state index contributed by atoms with van der Waals surface area (Å²) in [5.74, 6) is -0.0403. The number of nitrogen functional groups attached to an aromatic ring is 1. The highest BCUT2D eigenvalue weighted by Crippen LogP contribution is 2.28. The maximum Gasteiger partial charge on any atom is 0.274 e. The van der Waals surface area contributed by atoms with Crippen molar-refractivity contribution in [2.24, 2.45) is 11.5 Å². The summed E-state index contributed by atoms with van der Waals surface area (Å²) in [6.07, 6.45) is 6.85. The molecule has 7 nitrogen and oxygen atoms in total. The van der Waals surface area contributed by atoms with Gasteiger partial charge in [0.2, 0.25) is 0 Å². The van der Waals surface area contributed by atoms with Gasteiger partial charge in [0.1, 0.15) is 11.5 Å². The van der Waals surface area contributed by atoms with Gasteiger partial charge >= 0.3 is 0 Å². The van der Waals surface area contributed by atoms with E-state index in [1.165, 1.54) is 19.3 Å². The summed E-state index contributed by atoms with van der Waals surface area (Å²) in [7, 11) is 0. The Morgan fingerprint density at radius 1 is 1.23 bits per heavy atom. The second kappa shape index (κ2) is 10.7. The van der Waals surface area contributed by atoms with E-state index in [4.69, 9.17) is 21.9 Å². The minimum absolute atomic E-state index is 0.0403. The Labute approximate surface area is 207 Å². The molecule has 3 atom stereocenters. The van der Waals surface area contributed by atoms with Crippen LogP contribution in [0.25, 0.3) is 22.3 Å². The Morgan fingerprint density at radius 2 is 1.97 bits per heavy atom. The lowest BCUT2D eigenvalue weighted by Gasteiger charge is -2.43. The van der Waals surface area contributed by atoms with Crippen molar-refractivity contribution in [2.75, 3.05) is 0 Å². The molecule has 3 unspecified atom stereocenters. The van der Waals surface area contributed by atoms with Gasteiger partial charge in [0.15, 0.2) is 0 Å². The third-order valence-corrected chi connectivity index (χ3v) is 7.56. The highest BCUT2D eigenvalue weighted by atomic mass is 16.1. The quantitative estimate of drug-likeness (QED) is 0.286. The largest absolute Gasteiger partial charge is 0.384 e. The molecule has 7 heteroatoms. The number of H-pyrrole nitrogens is 1. The van der Waals surface area contributed by atoms with E-state index in [-0.39, 0.29) is 11.4 Å². The van der Waals surface area contributed by atoms with Gasteiger partial charge in [-0.2, -0.15) is 0 Å². The highest BCUT2D eigenvalue weighted by Gasteiger charge is 2.28. The molecule has 6 N–H and O–H groups in total. The first-order valence-electron chi connectivity index (χ1n) is 12.8. The first kappa shape index (κ1) is 25.1. The molecule has 0 saturated carbocycles. The van der Waals surface area contributed by atoms with Gasteiger partial charge in [0.05, 0.1) is 11.0 Å². The van der Waals surface area contributed by atoms with Crippen molar-refractivity contribution in [3.05, 3.63) is 63.4 Å². The number of benzene rings is 2. The third kappa shape index (κ3) is 5.31. The summed E-state index contributed by atoms with van der Waals surface area (Å²) in [6, 6.07) is 12.8. The number of nitrogens with zero attached hydrogens (tertiary/aromatic N) is 2. The van der Waals surface area contributed by atoms with Crippen LogP contribution >= 0.6 is 0 Å². The van der Waals surface area contributed by atoms with Gasteiger partial charge in [-0.25, -0.2) is 4.98 Å². The van der Waals surface area contributed by atoms with E-state index in [0.717, 1.165) is 41.4 Å². The van der Waals surface area contributed by atoms with E-state index in [2.05, 4.69) is 30.7 Å². The van der Waals surface area contributed by atoms with Crippen LogP contribution < -0.4 is 17.0 Å². The van der Waals surface area contributed by atoms with Crippen molar-refractivity contribution in [1.29, 1.82) is 5.41 Å². The van der Waals surface area contributed by atoms with Crippen molar-refractivity contribution >= 4 is 16.9 Å². The number of rotatable bonds is 8. The lowest BCUT2D eigenvalue weighted by atomic mass is 9.93. The monoisotopic (exact) mass is 474 g/mol. The van der Waals surface area contributed by atoms with Crippen molar-refractivity contribution < 1.29 is 0 Å². The molecule has 0 bridgehead atoms. The Hall–Kier alpha value is -3.03. The van der Waals surface area contributed by atoms with Crippen LogP contribution in [0.15, 0.2) is 41.2 Å². The van der Waals surface area contributed by atoms with E-state index < -0.39 is 0 Å². The number of hydrogen-bond donors (Lipinski definition) is 4. The summed E-state index contributed by atoms with van der Waals surface area (Å²) in [5, 5.41) is 7.69. The molecule has 0 radical (unpaired) electrons. The number of aromatic nitrogens is 2. The van der Waals surface area contributed by atoms with Gasteiger partial charge in [-0.05, 0) is 76.1 Å². The summed E-state index contributed by atoms with van der Waals surface area (Å²) in [4.78, 5) is 23.6. The number of aryl methyl sites for hydroxylation is 1. The van der Waals surface area contributed by atoms with Crippen LogP contribution in [-0.2, 0) is 13.0 Å². The normalized spacial score (nSPS) is 19.7.